The molecule has 0 saturated heterocycles. The van der Waals surface area contributed by atoms with E-state index in [4.69, 9.17) is 0 Å². The minimum Gasteiger partial charge on any atom is -0.385 e. The van der Waals surface area contributed by atoms with Gasteiger partial charge in [0.25, 0.3) is 5.91 Å². The van der Waals surface area contributed by atoms with Crippen molar-refractivity contribution < 1.29 is 9.59 Å². The third-order valence-corrected chi connectivity index (χ3v) is 3.02. The van der Waals surface area contributed by atoms with E-state index in [9.17, 15) is 9.59 Å². The average molecular weight is 277 g/mol. The van der Waals surface area contributed by atoms with E-state index < -0.39 is 0 Å². The molecule has 0 radical (unpaired) electrons. The number of carbonyl (C=O) groups is 2. The summed E-state index contributed by atoms with van der Waals surface area (Å²) in [5, 5.41) is 3.17. The van der Waals surface area contributed by atoms with E-state index in [0.29, 0.717) is 12.1 Å². The van der Waals surface area contributed by atoms with Crippen LogP contribution in [0.25, 0.3) is 0 Å². The monoisotopic (exact) mass is 277 g/mol. The number of carbonyl (C=O) groups excluding carboxylic acids is 2. The second kappa shape index (κ2) is 7.53. The zero-order valence-corrected chi connectivity index (χ0v) is 12.6. The minimum absolute atomic E-state index is 0.0823. The number of rotatable bonds is 6. The van der Waals surface area contributed by atoms with Crippen molar-refractivity contribution in [2.45, 2.75) is 13.8 Å². The lowest BCUT2D eigenvalue weighted by Gasteiger charge is -2.23. The fourth-order valence-corrected chi connectivity index (χ4v) is 1.82. The van der Waals surface area contributed by atoms with E-state index in [-0.39, 0.29) is 18.4 Å². The second-order valence-electron chi connectivity index (χ2n) is 4.68. The molecule has 1 rings (SSSR count). The van der Waals surface area contributed by atoms with Crippen LogP contribution in [0.5, 0.6) is 0 Å². The third-order valence-electron chi connectivity index (χ3n) is 3.02. The third kappa shape index (κ3) is 3.98. The summed E-state index contributed by atoms with van der Waals surface area (Å²) in [5.41, 5.74) is 1.40. The highest BCUT2D eigenvalue weighted by molar-refractivity contribution is 6.01. The summed E-state index contributed by atoms with van der Waals surface area (Å²) in [6.07, 6.45) is 0. The first kappa shape index (κ1) is 16.0. The molecular weight excluding hydrogens is 254 g/mol. The molecule has 0 saturated carbocycles. The predicted molar refractivity (Wildman–Crippen MR) is 80.9 cm³/mol. The lowest BCUT2D eigenvalue weighted by Crippen LogP contribution is -2.40. The molecule has 0 aliphatic rings. The van der Waals surface area contributed by atoms with Crippen molar-refractivity contribution in [3.63, 3.8) is 0 Å². The van der Waals surface area contributed by atoms with Crippen LogP contribution in [-0.4, -0.2) is 55.3 Å². The van der Waals surface area contributed by atoms with Crippen LogP contribution in [0.1, 0.15) is 24.2 Å². The fourth-order valence-electron chi connectivity index (χ4n) is 1.82. The topological polar surface area (TPSA) is 52.7 Å². The van der Waals surface area contributed by atoms with Crippen molar-refractivity contribution in [2.75, 3.05) is 39.0 Å². The normalized spacial score (nSPS) is 10.0. The molecule has 5 nitrogen and oxygen atoms in total. The van der Waals surface area contributed by atoms with Crippen LogP contribution in [0.3, 0.4) is 0 Å². The molecule has 0 heterocycles. The number of nitrogens with zero attached hydrogens (tertiary/aromatic N) is 2. The Labute approximate surface area is 120 Å². The Morgan fingerprint density at radius 3 is 2.35 bits per heavy atom. The summed E-state index contributed by atoms with van der Waals surface area (Å²) in [4.78, 5) is 27.4. The minimum atomic E-state index is -0.126. The number of hydrogen-bond donors (Lipinski definition) is 1. The van der Waals surface area contributed by atoms with Gasteiger partial charge in [-0.15, -0.1) is 0 Å². The van der Waals surface area contributed by atoms with Crippen molar-refractivity contribution >= 4 is 17.5 Å². The molecule has 1 N–H and O–H groups in total. The number of amides is 2. The van der Waals surface area contributed by atoms with E-state index in [1.54, 1.807) is 25.1 Å². The van der Waals surface area contributed by atoms with Gasteiger partial charge in [0, 0.05) is 32.9 Å². The Kier molecular flexibility index (Phi) is 6.03. The molecular formula is C15H23N3O2. The molecule has 1 aromatic rings. The molecule has 5 heteroatoms. The lowest BCUT2D eigenvalue weighted by atomic mass is 10.1. The van der Waals surface area contributed by atoms with Crippen LogP contribution in [0.2, 0.25) is 0 Å². The van der Waals surface area contributed by atoms with E-state index in [0.717, 1.165) is 12.2 Å². The Morgan fingerprint density at radius 2 is 1.80 bits per heavy atom. The van der Waals surface area contributed by atoms with Gasteiger partial charge in [-0.05, 0) is 26.0 Å². The number of anilines is 1. The first-order valence-electron chi connectivity index (χ1n) is 6.83. The molecule has 1 aromatic carbocycles. The highest BCUT2D eigenvalue weighted by Gasteiger charge is 2.20. The van der Waals surface area contributed by atoms with Crippen LogP contribution in [0, 0.1) is 0 Å². The highest BCUT2D eigenvalue weighted by Crippen LogP contribution is 2.17. The van der Waals surface area contributed by atoms with Gasteiger partial charge in [-0.25, -0.2) is 0 Å². The first-order valence-corrected chi connectivity index (χ1v) is 6.83. The van der Waals surface area contributed by atoms with Crippen molar-refractivity contribution in [2.24, 2.45) is 0 Å². The van der Waals surface area contributed by atoms with E-state index in [1.165, 1.54) is 4.90 Å². The zero-order valence-electron chi connectivity index (χ0n) is 12.6. The van der Waals surface area contributed by atoms with Crippen molar-refractivity contribution in [3.8, 4) is 0 Å². The van der Waals surface area contributed by atoms with Gasteiger partial charge in [-0.2, -0.15) is 0 Å². The molecule has 0 aliphatic heterocycles. The fraction of sp³-hybridized carbons (Fsp3) is 0.467. The van der Waals surface area contributed by atoms with Gasteiger partial charge in [0.2, 0.25) is 5.91 Å². The maximum Gasteiger partial charge on any atom is 0.256 e. The van der Waals surface area contributed by atoms with Crippen molar-refractivity contribution in [1.29, 1.82) is 0 Å². The number of likely N-dealkylation sites (N-methyl/N-ethyl adjacent to an activating group) is 2. The molecule has 0 aromatic heterocycles. The number of nitrogens with one attached hydrogen (secondary N) is 1. The molecule has 0 atom stereocenters. The molecule has 0 unspecified atom stereocenters. The maximum atomic E-state index is 12.5. The van der Waals surface area contributed by atoms with Gasteiger partial charge in [0.15, 0.2) is 0 Å². The van der Waals surface area contributed by atoms with Crippen LogP contribution < -0.4 is 5.32 Å². The summed E-state index contributed by atoms with van der Waals surface area (Å²) in [5.74, 6) is -0.208. The molecule has 0 spiro atoms. The average Bonchev–Trinajstić information content (AvgIpc) is 2.44. The van der Waals surface area contributed by atoms with Gasteiger partial charge >= 0.3 is 0 Å². The molecule has 0 aliphatic carbocycles. The summed E-state index contributed by atoms with van der Waals surface area (Å²) in [6.45, 7) is 5.19. The zero-order chi connectivity index (χ0) is 15.1. The largest absolute Gasteiger partial charge is 0.385 e. The van der Waals surface area contributed by atoms with Crippen LogP contribution in [0.15, 0.2) is 24.3 Å². The maximum absolute atomic E-state index is 12.5. The van der Waals surface area contributed by atoms with Gasteiger partial charge in [0.1, 0.15) is 0 Å². The Balaban J connectivity index is 2.94. The first-order chi connectivity index (χ1) is 9.51. The van der Waals surface area contributed by atoms with Crippen molar-refractivity contribution in [1.82, 2.24) is 9.80 Å². The summed E-state index contributed by atoms with van der Waals surface area (Å²) >= 11 is 0. The Hall–Kier alpha value is -2.04. The summed E-state index contributed by atoms with van der Waals surface area (Å²) in [6, 6.07) is 7.37. The molecule has 2 amide bonds. The molecule has 110 valence electrons. The number of hydrogen-bond acceptors (Lipinski definition) is 3. The standard InChI is InChI=1S/C15H23N3O2/c1-5-16-13-10-8-7-9-12(13)15(20)18(6-2)11-14(19)17(3)4/h7-10,16H,5-6,11H2,1-4H3. The summed E-state index contributed by atoms with van der Waals surface area (Å²) < 4.78 is 0. The lowest BCUT2D eigenvalue weighted by molar-refractivity contribution is -0.129. The molecule has 0 fully saturated rings. The smallest absolute Gasteiger partial charge is 0.256 e. The predicted octanol–water partition coefficient (Wildman–Crippen LogP) is 1.67. The Bertz CT molecular complexity index is 472. The molecule has 0 bridgehead atoms. The highest BCUT2D eigenvalue weighted by atomic mass is 16.2. The van der Waals surface area contributed by atoms with E-state index in [2.05, 4.69) is 5.32 Å². The van der Waals surface area contributed by atoms with Crippen LogP contribution in [0.4, 0.5) is 5.69 Å². The van der Waals surface area contributed by atoms with Gasteiger partial charge in [-0.3, -0.25) is 9.59 Å². The summed E-state index contributed by atoms with van der Waals surface area (Å²) in [7, 11) is 3.38. The number of benzene rings is 1. The second-order valence-corrected chi connectivity index (χ2v) is 4.68. The van der Waals surface area contributed by atoms with Gasteiger partial charge in [0.05, 0.1) is 12.1 Å². The SMILES string of the molecule is CCNc1ccccc1C(=O)N(CC)CC(=O)N(C)C. The van der Waals surface area contributed by atoms with Crippen LogP contribution >= 0.6 is 0 Å². The van der Waals surface area contributed by atoms with E-state index >= 15 is 0 Å². The van der Waals surface area contributed by atoms with Gasteiger partial charge < -0.3 is 15.1 Å². The molecule has 20 heavy (non-hydrogen) atoms. The Morgan fingerprint density at radius 1 is 1.15 bits per heavy atom. The van der Waals surface area contributed by atoms with Crippen molar-refractivity contribution in [3.05, 3.63) is 29.8 Å². The number of para-hydroxylation sites is 1. The van der Waals surface area contributed by atoms with E-state index in [1.807, 2.05) is 32.0 Å². The van der Waals surface area contributed by atoms with Gasteiger partial charge in [-0.1, -0.05) is 12.1 Å². The van der Waals surface area contributed by atoms with Crippen LogP contribution in [-0.2, 0) is 4.79 Å². The quantitative estimate of drug-likeness (QED) is 0.860.